The van der Waals surface area contributed by atoms with Gasteiger partial charge >= 0.3 is 5.97 Å². The molecular formula is C48H88O9. The van der Waals surface area contributed by atoms with Crippen molar-refractivity contribution in [1.29, 1.82) is 0 Å². The van der Waals surface area contributed by atoms with Crippen molar-refractivity contribution in [2.75, 3.05) is 26.4 Å². The maximum absolute atomic E-state index is 12.7. The molecule has 0 aromatic rings. The summed E-state index contributed by atoms with van der Waals surface area (Å²) in [6, 6.07) is 0. The van der Waals surface area contributed by atoms with Crippen molar-refractivity contribution in [2.45, 2.75) is 237 Å². The van der Waals surface area contributed by atoms with Gasteiger partial charge in [-0.1, -0.05) is 179 Å². The lowest BCUT2D eigenvalue weighted by Gasteiger charge is -2.39. The van der Waals surface area contributed by atoms with Crippen LogP contribution in [0.1, 0.15) is 200 Å². The summed E-state index contributed by atoms with van der Waals surface area (Å²) in [5.74, 6) is -0.319. The Balaban J connectivity index is 2.13. The van der Waals surface area contributed by atoms with Crippen molar-refractivity contribution in [2.24, 2.45) is 0 Å². The highest BCUT2D eigenvalue weighted by molar-refractivity contribution is 5.69. The fraction of sp³-hybridized carbons (Fsp3) is 0.854. The summed E-state index contributed by atoms with van der Waals surface area (Å²) in [7, 11) is 0. The van der Waals surface area contributed by atoms with Crippen LogP contribution < -0.4 is 0 Å². The molecule has 0 radical (unpaired) electrons. The van der Waals surface area contributed by atoms with Crippen LogP contribution in [0, 0.1) is 0 Å². The van der Waals surface area contributed by atoms with Crippen molar-refractivity contribution < 1.29 is 44.2 Å². The Morgan fingerprint density at radius 2 is 1.02 bits per heavy atom. The standard InChI is InChI=1S/C48H88O9/c1-3-5-7-9-11-13-14-15-16-17-18-19-20-21-22-23-24-25-26-27-28-29-30-32-34-36-38-54-40-42(56-44(50)37-35-33-31-12-10-8-6-4-2)41-55-48-47(53)46(52)45(51)43(39-49)57-48/h14-15,17-18,20-21,42-43,45-49,51-53H,3-13,16,19,22-41H2,1-2H3/b15-14-,18-17-,21-20-. The molecule has 57 heavy (non-hydrogen) atoms. The number of hydrogen-bond acceptors (Lipinski definition) is 9. The van der Waals surface area contributed by atoms with Gasteiger partial charge in [-0.05, 0) is 51.4 Å². The van der Waals surface area contributed by atoms with E-state index in [4.69, 9.17) is 18.9 Å². The van der Waals surface area contributed by atoms with Crippen molar-refractivity contribution in [3.63, 3.8) is 0 Å². The Morgan fingerprint density at radius 3 is 1.53 bits per heavy atom. The van der Waals surface area contributed by atoms with Crippen LogP contribution in [0.25, 0.3) is 0 Å². The molecule has 1 heterocycles. The SMILES string of the molecule is CCCCCCC/C=C\C/C=C\C/C=C\CCCCCCCCCCCCCOCC(COC1OC(CO)C(O)C(O)C1O)OC(=O)CCCCCCCCCC. The topological polar surface area (TPSA) is 135 Å². The monoisotopic (exact) mass is 809 g/mol. The molecule has 1 fully saturated rings. The number of unbranched alkanes of at least 4 members (excludes halogenated alkanes) is 23. The summed E-state index contributed by atoms with van der Waals surface area (Å²) in [6.07, 6.45) is 40.5. The van der Waals surface area contributed by atoms with Crippen LogP contribution in [0.4, 0.5) is 0 Å². The Morgan fingerprint density at radius 1 is 0.561 bits per heavy atom. The molecule has 6 unspecified atom stereocenters. The third kappa shape index (κ3) is 31.0. The van der Waals surface area contributed by atoms with E-state index < -0.39 is 43.4 Å². The van der Waals surface area contributed by atoms with E-state index in [1.54, 1.807) is 0 Å². The first-order chi connectivity index (χ1) is 27.9. The molecular weight excluding hydrogens is 721 g/mol. The Hall–Kier alpha value is -1.59. The van der Waals surface area contributed by atoms with E-state index in [1.807, 2.05) is 0 Å². The number of esters is 1. The second-order valence-electron chi connectivity index (χ2n) is 16.2. The number of allylic oxidation sites excluding steroid dienone is 6. The molecule has 4 N–H and O–H groups in total. The maximum Gasteiger partial charge on any atom is 0.306 e. The van der Waals surface area contributed by atoms with Gasteiger partial charge in [0.2, 0.25) is 0 Å². The van der Waals surface area contributed by atoms with Gasteiger partial charge < -0.3 is 39.4 Å². The largest absolute Gasteiger partial charge is 0.457 e. The van der Waals surface area contributed by atoms with E-state index in [0.717, 1.165) is 44.9 Å². The summed E-state index contributed by atoms with van der Waals surface area (Å²) in [5.41, 5.74) is 0. The first-order valence-corrected chi connectivity index (χ1v) is 23.6. The summed E-state index contributed by atoms with van der Waals surface area (Å²) >= 11 is 0. The maximum atomic E-state index is 12.7. The highest BCUT2D eigenvalue weighted by Gasteiger charge is 2.44. The lowest BCUT2D eigenvalue weighted by molar-refractivity contribution is -0.305. The minimum absolute atomic E-state index is 0.113. The van der Waals surface area contributed by atoms with E-state index in [-0.39, 0.29) is 19.2 Å². The van der Waals surface area contributed by atoms with E-state index >= 15 is 0 Å². The van der Waals surface area contributed by atoms with E-state index in [9.17, 15) is 25.2 Å². The molecule has 334 valence electrons. The molecule has 1 rings (SSSR count). The Kier molecular flexibility index (Phi) is 37.4. The summed E-state index contributed by atoms with van der Waals surface area (Å²) in [5, 5.41) is 40.0. The smallest absolute Gasteiger partial charge is 0.306 e. The zero-order chi connectivity index (χ0) is 41.4. The number of aliphatic hydroxyl groups is 4. The number of hydrogen-bond donors (Lipinski definition) is 4. The third-order valence-electron chi connectivity index (χ3n) is 10.8. The molecule has 0 aliphatic carbocycles. The molecule has 1 aliphatic rings. The van der Waals surface area contributed by atoms with Crippen LogP contribution in [-0.2, 0) is 23.7 Å². The quantitative estimate of drug-likeness (QED) is 0.0271. The van der Waals surface area contributed by atoms with Crippen LogP contribution in [0.5, 0.6) is 0 Å². The zero-order valence-corrected chi connectivity index (χ0v) is 36.6. The van der Waals surface area contributed by atoms with Gasteiger partial charge in [-0.3, -0.25) is 4.79 Å². The molecule has 9 nitrogen and oxygen atoms in total. The van der Waals surface area contributed by atoms with Crippen LogP contribution in [0.15, 0.2) is 36.5 Å². The fourth-order valence-corrected chi connectivity index (χ4v) is 7.09. The van der Waals surface area contributed by atoms with E-state index in [0.29, 0.717) is 13.0 Å². The second-order valence-corrected chi connectivity index (χ2v) is 16.2. The van der Waals surface area contributed by atoms with Gasteiger partial charge in [-0.25, -0.2) is 0 Å². The number of rotatable bonds is 40. The van der Waals surface area contributed by atoms with Crippen LogP contribution >= 0.6 is 0 Å². The molecule has 0 bridgehead atoms. The molecule has 0 aromatic carbocycles. The normalized spacial score (nSPS) is 20.7. The van der Waals surface area contributed by atoms with Gasteiger partial charge in [0.05, 0.1) is 19.8 Å². The van der Waals surface area contributed by atoms with Gasteiger partial charge in [0.25, 0.3) is 0 Å². The van der Waals surface area contributed by atoms with Gasteiger partial charge in [0.1, 0.15) is 30.5 Å². The summed E-state index contributed by atoms with van der Waals surface area (Å²) in [4.78, 5) is 12.7. The van der Waals surface area contributed by atoms with E-state index in [1.165, 1.54) is 135 Å². The number of carbonyl (C=O) groups is 1. The Bertz CT molecular complexity index is 968. The summed E-state index contributed by atoms with van der Waals surface area (Å²) in [6.45, 7) is 4.52. The highest BCUT2D eigenvalue weighted by Crippen LogP contribution is 2.22. The van der Waals surface area contributed by atoms with Crippen LogP contribution in [0.2, 0.25) is 0 Å². The molecule has 0 amide bonds. The van der Waals surface area contributed by atoms with Crippen molar-refractivity contribution >= 4 is 5.97 Å². The predicted octanol–water partition coefficient (Wildman–Crippen LogP) is 10.8. The van der Waals surface area contributed by atoms with Crippen LogP contribution in [-0.4, -0.2) is 89.6 Å². The van der Waals surface area contributed by atoms with E-state index in [2.05, 4.69) is 50.3 Å². The summed E-state index contributed by atoms with van der Waals surface area (Å²) < 4.78 is 22.7. The lowest BCUT2D eigenvalue weighted by Crippen LogP contribution is -2.59. The minimum Gasteiger partial charge on any atom is -0.457 e. The molecule has 1 aliphatic heterocycles. The number of aliphatic hydroxyl groups excluding tert-OH is 4. The molecule has 0 saturated carbocycles. The van der Waals surface area contributed by atoms with Gasteiger partial charge in [-0.2, -0.15) is 0 Å². The second kappa shape index (κ2) is 39.8. The molecule has 6 atom stereocenters. The Labute approximate surface area is 349 Å². The van der Waals surface area contributed by atoms with Crippen molar-refractivity contribution in [3.05, 3.63) is 36.5 Å². The molecule has 0 spiro atoms. The first-order valence-electron chi connectivity index (χ1n) is 23.6. The lowest BCUT2D eigenvalue weighted by atomic mass is 9.99. The van der Waals surface area contributed by atoms with Gasteiger partial charge in [0, 0.05) is 13.0 Å². The average molecular weight is 809 g/mol. The van der Waals surface area contributed by atoms with Crippen molar-refractivity contribution in [1.82, 2.24) is 0 Å². The molecule has 9 heteroatoms. The number of ether oxygens (including phenoxy) is 4. The third-order valence-corrected chi connectivity index (χ3v) is 10.8. The highest BCUT2D eigenvalue weighted by atomic mass is 16.7. The first kappa shape index (κ1) is 53.4. The van der Waals surface area contributed by atoms with Gasteiger partial charge in [-0.15, -0.1) is 0 Å². The molecule has 0 aromatic heterocycles. The predicted molar refractivity (Wildman–Crippen MR) is 233 cm³/mol. The van der Waals surface area contributed by atoms with Gasteiger partial charge in [0.15, 0.2) is 6.29 Å². The average Bonchev–Trinajstić information content (AvgIpc) is 3.21. The zero-order valence-electron chi connectivity index (χ0n) is 36.6. The van der Waals surface area contributed by atoms with Crippen molar-refractivity contribution in [3.8, 4) is 0 Å². The molecule has 1 saturated heterocycles. The number of carbonyl (C=O) groups excluding carboxylic acids is 1. The minimum atomic E-state index is -1.53. The van der Waals surface area contributed by atoms with Crippen LogP contribution in [0.3, 0.4) is 0 Å². The fourth-order valence-electron chi connectivity index (χ4n) is 7.09.